The molecule has 0 heterocycles. The topological polar surface area (TPSA) is 237 Å². The van der Waals surface area contributed by atoms with E-state index in [4.69, 9.17) is 37.0 Å². The highest BCUT2D eigenvalue weighted by Crippen LogP contribution is 2.45. The van der Waals surface area contributed by atoms with Crippen LogP contribution < -0.4 is 0 Å². The van der Waals surface area contributed by atoms with E-state index in [1.807, 2.05) is 0 Å². The van der Waals surface area contributed by atoms with Gasteiger partial charge < -0.3 is 33.8 Å². The molecule has 6 atom stereocenters. The molecule has 0 fully saturated rings. The molecule has 0 aromatic rings. The number of phosphoric ester groups is 2. The lowest BCUT2D eigenvalue weighted by Gasteiger charge is -2.21. The van der Waals surface area contributed by atoms with Crippen LogP contribution in [0.5, 0.6) is 0 Å². The Labute approximate surface area is 607 Å². The van der Waals surface area contributed by atoms with Gasteiger partial charge in [0.05, 0.1) is 26.4 Å². The number of aliphatic hydroxyl groups is 1. The van der Waals surface area contributed by atoms with Gasteiger partial charge in [0.15, 0.2) is 12.2 Å². The van der Waals surface area contributed by atoms with Crippen LogP contribution in [-0.2, 0) is 65.4 Å². The van der Waals surface area contributed by atoms with Crippen molar-refractivity contribution in [2.45, 2.75) is 445 Å². The number of phosphoric acid groups is 2. The second-order valence-electron chi connectivity index (χ2n) is 29.1. The maximum atomic E-state index is 13.1. The Bertz CT molecular complexity index is 1890. The molecule has 0 aliphatic carbocycles. The Morgan fingerprint density at radius 1 is 0.283 bits per heavy atom. The van der Waals surface area contributed by atoms with Gasteiger partial charge in [0.25, 0.3) is 0 Å². The first-order valence-electron chi connectivity index (χ1n) is 41.7. The first-order valence-corrected chi connectivity index (χ1v) is 44.7. The summed E-state index contributed by atoms with van der Waals surface area (Å²) in [5.74, 6) is -1.30. The summed E-state index contributed by atoms with van der Waals surface area (Å²) in [5, 5.41) is 10.6. The van der Waals surface area contributed by atoms with Gasteiger partial charge in [0, 0.05) is 25.7 Å². The monoisotopic (exact) mass is 1450 g/mol. The summed E-state index contributed by atoms with van der Waals surface area (Å²) in [6.45, 7) is 7.36. The molecule has 0 aliphatic rings. The minimum Gasteiger partial charge on any atom is -0.462 e. The van der Waals surface area contributed by atoms with Gasteiger partial charge >= 0.3 is 39.5 Å². The molecular weight excluding hydrogens is 1290 g/mol. The van der Waals surface area contributed by atoms with Crippen LogP contribution in [0.15, 0.2) is 0 Å². The number of carbonyl (C=O) groups excluding carboxylic acids is 4. The van der Waals surface area contributed by atoms with Gasteiger partial charge in [-0.25, -0.2) is 9.13 Å². The average molecular weight is 1450 g/mol. The molecule has 0 bridgehead atoms. The smallest absolute Gasteiger partial charge is 0.462 e. The summed E-state index contributed by atoms with van der Waals surface area (Å²) in [4.78, 5) is 73.0. The van der Waals surface area contributed by atoms with Gasteiger partial charge in [-0.15, -0.1) is 0 Å². The van der Waals surface area contributed by atoms with Crippen LogP contribution >= 0.6 is 15.6 Å². The fourth-order valence-corrected chi connectivity index (χ4v) is 14.0. The molecule has 0 rings (SSSR count). The summed E-state index contributed by atoms with van der Waals surface area (Å²) in [5.41, 5.74) is 0. The fourth-order valence-electron chi connectivity index (χ4n) is 12.4. The maximum absolute atomic E-state index is 13.1. The van der Waals surface area contributed by atoms with Crippen molar-refractivity contribution in [2.24, 2.45) is 5.92 Å². The standard InChI is InChI=1S/C80H156O17P2/c1-6-10-13-16-19-22-25-28-29-30-31-32-33-36-39-46-51-56-61-66-80(85)97-76(70-91-78(83)64-59-54-49-44-41-40-42-47-52-57-62-73(5)9-4)72-95-99(88,89)93-68-74(81)67-92-98(86,87)94-71-75(96-79(84)65-60-55-50-45-38-35-27-24-21-18-15-12-8-3)69-90-77(82)63-58-53-48-43-37-34-26-23-20-17-14-11-7-2/h73-76,81H,6-72H2,1-5H3,(H,86,87)(H,88,89)/t73?,74-,75+,76+/m0/s1. The van der Waals surface area contributed by atoms with E-state index in [0.717, 1.165) is 95.8 Å². The molecule has 0 saturated heterocycles. The van der Waals surface area contributed by atoms with Crippen LogP contribution in [0.4, 0.5) is 0 Å². The lowest BCUT2D eigenvalue weighted by molar-refractivity contribution is -0.161. The van der Waals surface area contributed by atoms with E-state index in [1.54, 1.807) is 0 Å². The number of ether oxygens (including phenoxy) is 4. The van der Waals surface area contributed by atoms with E-state index < -0.39 is 97.5 Å². The predicted molar refractivity (Wildman–Crippen MR) is 405 cm³/mol. The lowest BCUT2D eigenvalue weighted by Crippen LogP contribution is -2.30. The molecule has 588 valence electrons. The Kier molecular flexibility index (Phi) is 71.6. The van der Waals surface area contributed by atoms with Crippen LogP contribution in [0.3, 0.4) is 0 Å². The third-order valence-corrected chi connectivity index (χ3v) is 21.0. The van der Waals surface area contributed by atoms with Crippen molar-refractivity contribution in [3.05, 3.63) is 0 Å². The number of hydrogen-bond donors (Lipinski definition) is 3. The SMILES string of the molecule is CCCCCCCCCCCCCCCCCCCCCC(=O)O[C@H](COC(=O)CCCCCCCCCCCCC(C)CC)COP(=O)(O)OC[C@@H](O)COP(=O)(O)OC[C@@H](COC(=O)CCCCCCCCCCCCCCC)OC(=O)CCCCCCCCCCCCCCC. The van der Waals surface area contributed by atoms with Crippen LogP contribution in [-0.4, -0.2) is 96.7 Å². The third-order valence-electron chi connectivity index (χ3n) is 19.1. The van der Waals surface area contributed by atoms with E-state index in [2.05, 4.69) is 34.6 Å². The lowest BCUT2D eigenvalue weighted by atomic mass is 9.99. The van der Waals surface area contributed by atoms with Crippen molar-refractivity contribution in [3.8, 4) is 0 Å². The van der Waals surface area contributed by atoms with E-state index >= 15 is 0 Å². The predicted octanol–water partition coefficient (Wildman–Crippen LogP) is 24.0. The van der Waals surface area contributed by atoms with Crippen molar-refractivity contribution < 1.29 is 80.2 Å². The quantitative estimate of drug-likeness (QED) is 0.0222. The average Bonchev–Trinajstić information content (AvgIpc) is 1.01. The summed E-state index contributed by atoms with van der Waals surface area (Å²) < 4.78 is 68.7. The number of unbranched alkanes of at least 4 members (excludes halogenated alkanes) is 51. The van der Waals surface area contributed by atoms with Gasteiger partial charge in [0.2, 0.25) is 0 Å². The Morgan fingerprint density at radius 2 is 0.485 bits per heavy atom. The molecule has 19 heteroatoms. The zero-order valence-electron chi connectivity index (χ0n) is 64.6. The van der Waals surface area contributed by atoms with Crippen molar-refractivity contribution in [1.82, 2.24) is 0 Å². The molecule has 0 aromatic heterocycles. The van der Waals surface area contributed by atoms with Gasteiger partial charge in [-0.3, -0.25) is 37.3 Å². The summed E-state index contributed by atoms with van der Waals surface area (Å²) in [6, 6.07) is 0. The largest absolute Gasteiger partial charge is 0.472 e. The Balaban J connectivity index is 5.25. The van der Waals surface area contributed by atoms with Crippen LogP contribution in [0, 0.1) is 5.92 Å². The minimum atomic E-state index is -4.96. The van der Waals surface area contributed by atoms with Crippen LogP contribution in [0.1, 0.15) is 426 Å². The fraction of sp³-hybridized carbons (Fsp3) is 0.950. The first kappa shape index (κ1) is 97.1. The molecule has 17 nitrogen and oxygen atoms in total. The van der Waals surface area contributed by atoms with Crippen molar-refractivity contribution in [3.63, 3.8) is 0 Å². The molecule has 0 amide bonds. The minimum absolute atomic E-state index is 0.108. The van der Waals surface area contributed by atoms with E-state index in [9.17, 15) is 43.2 Å². The zero-order valence-corrected chi connectivity index (χ0v) is 66.4. The second-order valence-corrected chi connectivity index (χ2v) is 32.0. The number of rotatable bonds is 80. The maximum Gasteiger partial charge on any atom is 0.472 e. The Morgan fingerprint density at radius 3 is 0.717 bits per heavy atom. The number of aliphatic hydroxyl groups excluding tert-OH is 1. The number of hydrogen-bond acceptors (Lipinski definition) is 15. The summed E-state index contributed by atoms with van der Waals surface area (Å²) >= 11 is 0. The molecule has 3 N–H and O–H groups in total. The molecular formula is C80H156O17P2. The van der Waals surface area contributed by atoms with E-state index in [1.165, 1.54) is 250 Å². The van der Waals surface area contributed by atoms with Crippen molar-refractivity contribution in [1.29, 1.82) is 0 Å². The van der Waals surface area contributed by atoms with E-state index in [-0.39, 0.29) is 25.7 Å². The molecule has 0 saturated carbocycles. The van der Waals surface area contributed by atoms with Crippen LogP contribution in [0.25, 0.3) is 0 Å². The number of esters is 4. The molecule has 0 aliphatic heterocycles. The van der Waals surface area contributed by atoms with Gasteiger partial charge in [-0.2, -0.15) is 0 Å². The van der Waals surface area contributed by atoms with E-state index in [0.29, 0.717) is 25.7 Å². The molecule has 0 radical (unpaired) electrons. The normalized spacial score (nSPS) is 14.1. The Hall–Kier alpha value is -1.94. The van der Waals surface area contributed by atoms with Gasteiger partial charge in [-0.05, 0) is 31.6 Å². The molecule has 99 heavy (non-hydrogen) atoms. The number of carbonyl (C=O) groups is 4. The highest BCUT2D eigenvalue weighted by molar-refractivity contribution is 7.47. The molecule has 3 unspecified atom stereocenters. The summed E-state index contributed by atoms with van der Waals surface area (Å²) in [6.07, 6.45) is 63.6. The zero-order chi connectivity index (χ0) is 72.7. The van der Waals surface area contributed by atoms with Crippen LogP contribution in [0.2, 0.25) is 0 Å². The molecule has 0 aromatic carbocycles. The van der Waals surface area contributed by atoms with Gasteiger partial charge in [-0.1, -0.05) is 375 Å². The highest BCUT2D eigenvalue weighted by atomic mass is 31.2. The first-order chi connectivity index (χ1) is 48.1. The third kappa shape index (κ3) is 72.8. The van der Waals surface area contributed by atoms with Crippen molar-refractivity contribution in [2.75, 3.05) is 39.6 Å². The van der Waals surface area contributed by atoms with Crippen molar-refractivity contribution >= 4 is 39.5 Å². The highest BCUT2D eigenvalue weighted by Gasteiger charge is 2.30. The van der Waals surface area contributed by atoms with Gasteiger partial charge in [0.1, 0.15) is 19.3 Å². The molecule has 0 spiro atoms. The summed E-state index contributed by atoms with van der Waals surface area (Å²) in [7, 11) is -9.92. The second kappa shape index (κ2) is 73.0.